The molecule has 1 amide bonds. The topological polar surface area (TPSA) is 81.2 Å². The third-order valence-electron chi connectivity index (χ3n) is 3.05. The molecule has 0 saturated carbocycles. The lowest BCUT2D eigenvalue weighted by molar-refractivity contribution is -0.123. The van der Waals surface area contributed by atoms with Crippen LogP contribution in [0.1, 0.15) is 37.6 Å². The summed E-state index contributed by atoms with van der Waals surface area (Å²) in [5, 5.41) is 2.73. The molecule has 0 bridgehead atoms. The van der Waals surface area contributed by atoms with Crippen LogP contribution >= 0.6 is 0 Å². The first kappa shape index (κ1) is 13.7. The van der Waals surface area contributed by atoms with Crippen molar-refractivity contribution in [2.45, 2.75) is 46.7 Å². The van der Waals surface area contributed by atoms with Gasteiger partial charge in [-0.05, 0) is 19.8 Å². The number of amides is 1. The standard InChI is InChI=1S/C12H21N3O2/c1-5-7(2)11(13)12(16)14-6-10-15-8(3)9(4)17-10/h7,11H,5-6,13H2,1-4H3,(H,14,16). The number of rotatable bonds is 5. The fourth-order valence-corrected chi connectivity index (χ4v) is 1.41. The van der Waals surface area contributed by atoms with Crippen LogP contribution in [0.5, 0.6) is 0 Å². The number of nitrogens with two attached hydrogens (primary N) is 1. The van der Waals surface area contributed by atoms with Gasteiger partial charge in [-0.25, -0.2) is 4.98 Å². The molecule has 3 N–H and O–H groups in total. The molecule has 1 rings (SSSR count). The van der Waals surface area contributed by atoms with Crippen molar-refractivity contribution >= 4 is 5.91 Å². The van der Waals surface area contributed by atoms with E-state index in [2.05, 4.69) is 10.3 Å². The predicted octanol–water partition coefficient (Wildman–Crippen LogP) is 1.28. The monoisotopic (exact) mass is 239 g/mol. The van der Waals surface area contributed by atoms with E-state index in [1.54, 1.807) is 0 Å². The summed E-state index contributed by atoms with van der Waals surface area (Å²) >= 11 is 0. The van der Waals surface area contributed by atoms with Gasteiger partial charge >= 0.3 is 0 Å². The summed E-state index contributed by atoms with van der Waals surface area (Å²) in [6.07, 6.45) is 0.881. The van der Waals surface area contributed by atoms with E-state index in [0.717, 1.165) is 17.9 Å². The smallest absolute Gasteiger partial charge is 0.237 e. The third-order valence-corrected chi connectivity index (χ3v) is 3.05. The van der Waals surface area contributed by atoms with Gasteiger partial charge in [0.2, 0.25) is 11.8 Å². The number of aryl methyl sites for hydroxylation is 2. The van der Waals surface area contributed by atoms with E-state index in [-0.39, 0.29) is 18.4 Å². The van der Waals surface area contributed by atoms with Gasteiger partial charge in [-0.15, -0.1) is 0 Å². The fraction of sp³-hybridized carbons (Fsp3) is 0.667. The lowest BCUT2D eigenvalue weighted by Gasteiger charge is -2.16. The van der Waals surface area contributed by atoms with Crippen LogP contribution in [0, 0.1) is 19.8 Å². The van der Waals surface area contributed by atoms with E-state index in [4.69, 9.17) is 10.2 Å². The Morgan fingerprint density at radius 1 is 1.53 bits per heavy atom. The van der Waals surface area contributed by atoms with E-state index < -0.39 is 6.04 Å². The molecule has 96 valence electrons. The minimum absolute atomic E-state index is 0.159. The zero-order chi connectivity index (χ0) is 13.0. The van der Waals surface area contributed by atoms with Gasteiger partial charge in [0.1, 0.15) is 5.76 Å². The number of hydrogen-bond donors (Lipinski definition) is 2. The molecule has 0 aliphatic carbocycles. The number of carbonyl (C=O) groups is 1. The molecule has 0 radical (unpaired) electrons. The van der Waals surface area contributed by atoms with E-state index in [0.29, 0.717) is 5.89 Å². The quantitative estimate of drug-likeness (QED) is 0.811. The number of hydrogen-bond acceptors (Lipinski definition) is 4. The highest BCUT2D eigenvalue weighted by molar-refractivity contribution is 5.81. The van der Waals surface area contributed by atoms with Crippen molar-refractivity contribution in [2.24, 2.45) is 11.7 Å². The molecule has 0 fully saturated rings. The van der Waals surface area contributed by atoms with Gasteiger partial charge in [0.05, 0.1) is 18.3 Å². The van der Waals surface area contributed by atoms with Crippen molar-refractivity contribution in [1.29, 1.82) is 0 Å². The van der Waals surface area contributed by atoms with Gasteiger partial charge in [0, 0.05) is 0 Å². The second kappa shape index (κ2) is 5.82. The van der Waals surface area contributed by atoms with E-state index in [1.165, 1.54) is 0 Å². The van der Waals surface area contributed by atoms with Crippen molar-refractivity contribution in [2.75, 3.05) is 0 Å². The molecule has 1 heterocycles. The summed E-state index contributed by atoms with van der Waals surface area (Å²) in [6, 6.07) is -0.475. The number of nitrogens with one attached hydrogen (secondary N) is 1. The maximum absolute atomic E-state index is 11.7. The normalized spacial score (nSPS) is 14.4. The zero-order valence-electron chi connectivity index (χ0n) is 10.9. The molecule has 17 heavy (non-hydrogen) atoms. The molecule has 1 aromatic rings. The Hall–Kier alpha value is -1.36. The van der Waals surface area contributed by atoms with Crippen molar-refractivity contribution in [3.8, 4) is 0 Å². The number of oxazole rings is 1. The molecule has 0 spiro atoms. The van der Waals surface area contributed by atoms with E-state index in [9.17, 15) is 4.79 Å². The predicted molar refractivity (Wildman–Crippen MR) is 65.3 cm³/mol. The van der Waals surface area contributed by atoms with Crippen LogP contribution in [0.4, 0.5) is 0 Å². The molecule has 0 saturated heterocycles. The van der Waals surface area contributed by atoms with Crippen LogP contribution in [0.15, 0.2) is 4.42 Å². The van der Waals surface area contributed by atoms with Gasteiger partial charge in [-0.2, -0.15) is 0 Å². The molecular formula is C12H21N3O2. The fourth-order valence-electron chi connectivity index (χ4n) is 1.41. The number of nitrogens with zero attached hydrogens (tertiary/aromatic N) is 1. The van der Waals surface area contributed by atoms with Crippen LogP contribution in [0.25, 0.3) is 0 Å². The summed E-state index contributed by atoms with van der Waals surface area (Å²) in [6.45, 7) is 7.98. The molecule has 5 heteroatoms. The van der Waals surface area contributed by atoms with Crippen LogP contribution in [0.2, 0.25) is 0 Å². The Balaban J connectivity index is 2.48. The van der Waals surface area contributed by atoms with Gasteiger partial charge in [0.15, 0.2) is 0 Å². The number of carbonyl (C=O) groups excluding carboxylic acids is 1. The molecule has 2 atom stereocenters. The minimum atomic E-state index is -0.475. The Labute approximate surface area is 102 Å². The first-order valence-corrected chi connectivity index (χ1v) is 5.91. The molecule has 2 unspecified atom stereocenters. The second-order valence-electron chi connectivity index (χ2n) is 4.38. The zero-order valence-corrected chi connectivity index (χ0v) is 10.9. The van der Waals surface area contributed by atoms with E-state index in [1.807, 2.05) is 27.7 Å². The minimum Gasteiger partial charge on any atom is -0.444 e. The Morgan fingerprint density at radius 2 is 2.18 bits per heavy atom. The largest absolute Gasteiger partial charge is 0.444 e. The van der Waals surface area contributed by atoms with Gasteiger partial charge in [-0.3, -0.25) is 4.79 Å². The lowest BCUT2D eigenvalue weighted by atomic mass is 9.99. The highest BCUT2D eigenvalue weighted by Crippen LogP contribution is 2.09. The summed E-state index contributed by atoms with van der Waals surface area (Å²) in [5.41, 5.74) is 6.66. The molecular weight excluding hydrogens is 218 g/mol. The maximum atomic E-state index is 11.7. The SMILES string of the molecule is CCC(C)C(N)C(=O)NCc1nc(C)c(C)o1. The van der Waals surface area contributed by atoms with Crippen LogP contribution in [-0.2, 0) is 11.3 Å². The van der Waals surface area contributed by atoms with Gasteiger partial charge in [0.25, 0.3) is 0 Å². The van der Waals surface area contributed by atoms with Gasteiger partial charge < -0.3 is 15.5 Å². The molecule has 5 nitrogen and oxygen atoms in total. The summed E-state index contributed by atoms with van der Waals surface area (Å²) in [5.74, 6) is 1.31. The Kier molecular flexibility index (Phi) is 4.69. The first-order chi connectivity index (χ1) is 7.95. The molecule has 1 aromatic heterocycles. The maximum Gasteiger partial charge on any atom is 0.237 e. The highest BCUT2D eigenvalue weighted by atomic mass is 16.4. The van der Waals surface area contributed by atoms with Crippen molar-refractivity contribution in [3.63, 3.8) is 0 Å². The summed E-state index contributed by atoms with van der Waals surface area (Å²) in [4.78, 5) is 15.9. The average Bonchev–Trinajstić information content (AvgIpc) is 2.63. The van der Waals surface area contributed by atoms with Gasteiger partial charge in [-0.1, -0.05) is 20.3 Å². The Bertz CT molecular complexity index is 368. The second-order valence-corrected chi connectivity index (χ2v) is 4.38. The Morgan fingerprint density at radius 3 is 2.65 bits per heavy atom. The lowest BCUT2D eigenvalue weighted by Crippen LogP contribution is -2.44. The first-order valence-electron chi connectivity index (χ1n) is 5.91. The van der Waals surface area contributed by atoms with E-state index >= 15 is 0 Å². The van der Waals surface area contributed by atoms with Crippen molar-refractivity contribution in [3.05, 3.63) is 17.3 Å². The summed E-state index contributed by atoms with van der Waals surface area (Å²) in [7, 11) is 0. The number of aromatic nitrogens is 1. The van der Waals surface area contributed by atoms with Crippen LogP contribution in [0.3, 0.4) is 0 Å². The highest BCUT2D eigenvalue weighted by Gasteiger charge is 2.19. The third kappa shape index (κ3) is 3.56. The molecule has 0 aromatic carbocycles. The summed E-state index contributed by atoms with van der Waals surface area (Å²) < 4.78 is 5.36. The molecule has 0 aliphatic rings. The van der Waals surface area contributed by atoms with Crippen molar-refractivity contribution < 1.29 is 9.21 Å². The molecule has 0 aliphatic heterocycles. The van der Waals surface area contributed by atoms with Crippen LogP contribution < -0.4 is 11.1 Å². The van der Waals surface area contributed by atoms with Crippen LogP contribution in [-0.4, -0.2) is 16.9 Å². The average molecular weight is 239 g/mol. The van der Waals surface area contributed by atoms with Crippen molar-refractivity contribution in [1.82, 2.24) is 10.3 Å².